The van der Waals surface area contributed by atoms with E-state index in [1.54, 1.807) is 24.3 Å². The van der Waals surface area contributed by atoms with Crippen LogP contribution in [0, 0.1) is 0 Å². The third kappa shape index (κ3) is 11.6. The van der Waals surface area contributed by atoms with Gasteiger partial charge in [-0.05, 0) is 44.5 Å². The molecule has 2 aromatic carbocycles. The molecule has 6 N–H and O–H groups in total. The first kappa shape index (κ1) is 45.6. The maximum Gasteiger partial charge on any atom is 0.312 e. The lowest BCUT2D eigenvalue weighted by Crippen LogP contribution is -2.56. The highest BCUT2D eigenvalue weighted by Crippen LogP contribution is 2.39. The quantitative estimate of drug-likeness (QED) is 0.0393. The summed E-state index contributed by atoms with van der Waals surface area (Å²) in [7, 11) is 1.48. The van der Waals surface area contributed by atoms with Gasteiger partial charge in [-0.1, -0.05) is 16.9 Å². The van der Waals surface area contributed by atoms with Gasteiger partial charge in [0.1, 0.15) is 64.9 Å². The molecule has 60 heavy (non-hydrogen) atoms. The van der Waals surface area contributed by atoms with Crippen molar-refractivity contribution in [3.8, 4) is 34.3 Å². The Balaban J connectivity index is 1.02. The molecule has 0 amide bonds. The average Bonchev–Trinajstić information content (AvgIpc) is 3.70. The SMILES string of the molecule is COc1ccc(-c2oc3c(CC=C(C)C)c(O)cc(O)c3c(=O)c2OC(=O)CCC(=O)OCCOCCOCCOCc2cn(C3O[C@H](CO)[C@@H](O)[C@H](O)[C@H]3O)nn2)cc1. The Bertz CT molecular complexity index is 2150. The zero-order valence-corrected chi connectivity index (χ0v) is 33.2. The summed E-state index contributed by atoms with van der Waals surface area (Å²) in [4.78, 5) is 39.2. The summed E-state index contributed by atoms with van der Waals surface area (Å²) in [6, 6.07) is 7.40. The molecule has 1 aliphatic rings. The van der Waals surface area contributed by atoms with Crippen LogP contribution in [0.1, 0.15) is 44.2 Å². The number of aliphatic hydroxyl groups excluding tert-OH is 4. The lowest BCUT2D eigenvalue weighted by atomic mass is 9.98. The summed E-state index contributed by atoms with van der Waals surface area (Å²) < 4.78 is 44.9. The van der Waals surface area contributed by atoms with Crippen LogP contribution in [0.4, 0.5) is 0 Å². The molecule has 326 valence electrons. The number of ether oxygens (including phenoxy) is 7. The molecule has 0 spiro atoms. The van der Waals surface area contributed by atoms with Crippen LogP contribution in [0.5, 0.6) is 23.0 Å². The smallest absolute Gasteiger partial charge is 0.312 e. The minimum absolute atomic E-state index is 0.0537. The fraction of sp³-hybridized carbons (Fsp3) is 0.475. The largest absolute Gasteiger partial charge is 0.507 e. The Kier molecular flexibility index (Phi) is 16.5. The number of aliphatic hydroxyl groups is 4. The highest BCUT2D eigenvalue weighted by atomic mass is 16.6. The standard InChI is InChI=1S/C40H49N3O17/c1-22(2)4-9-26-27(45)18-28(46)32-34(50)39(37(60-38(26)32)23-5-7-25(53-3)8-6-23)59-31(48)11-10-30(47)57-17-16-55-13-12-54-14-15-56-21-24-19-43(42-41-24)40-36(52)35(51)33(49)29(20-44)58-40/h4-8,18-19,29,33,35-36,40,44-46,49,51-52H,9-17,20-21H2,1-3H3/t29-,33-,35+,36-,40?/m1/s1. The summed E-state index contributed by atoms with van der Waals surface area (Å²) in [5, 5.41) is 68.4. The van der Waals surface area contributed by atoms with Gasteiger partial charge < -0.3 is 68.2 Å². The Labute approximate surface area is 343 Å². The second-order valence-corrected chi connectivity index (χ2v) is 13.8. The van der Waals surface area contributed by atoms with Gasteiger partial charge in [0, 0.05) is 17.2 Å². The first-order chi connectivity index (χ1) is 28.8. The number of hydrogen-bond acceptors (Lipinski definition) is 19. The molecule has 1 aliphatic heterocycles. The molecule has 4 aromatic rings. The van der Waals surface area contributed by atoms with Crippen LogP contribution >= 0.6 is 0 Å². The molecule has 1 unspecified atom stereocenters. The molecule has 20 nitrogen and oxygen atoms in total. The van der Waals surface area contributed by atoms with Crippen LogP contribution in [0.2, 0.25) is 0 Å². The van der Waals surface area contributed by atoms with Crippen molar-refractivity contribution in [2.24, 2.45) is 0 Å². The number of fused-ring (bicyclic) bond motifs is 1. The molecular weight excluding hydrogens is 794 g/mol. The summed E-state index contributed by atoms with van der Waals surface area (Å²) in [5.74, 6) is -2.65. The number of carbonyl (C=O) groups excluding carboxylic acids is 2. The number of nitrogens with zero attached hydrogens (tertiary/aromatic N) is 3. The molecule has 0 radical (unpaired) electrons. The number of carbonyl (C=O) groups is 2. The average molecular weight is 844 g/mol. The summed E-state index contributed by atoms with van der Waals surface area (Å²) in [6.45, 7) is 3.99. The molecule has 0 saturated carbocycles. The van der Waals surface area contributed by atoms with Gasteiger partial charge in [-0.3, -0.25) is 14.4 Å². The van der Waals surface area contributed by atoms with Gasteiger partial charge in [-0.2, -0.15) is 0 Å². The maximum absolute atomic E-state index is 13.8. The predicted octanol–water partition coefficient (Wildman–Crippen LogP) is 1.43. The number of methoxy groups -OCH3 is 1. The van der Waals surface area contributed by atoms with E-state index in [1.807, 2.05) is 19.9 Å². The lowest BCUT2D eigenvalue weighted by Gasteiger charge is -2.39. The third-order valence-electron chi connectivity index (χ3n) is 9.17. The highest BCUT2D eigenvalue weighted by Gasteiger charge is 2.44. The van der Waals surface area contributed by atoms with E-state index in [-0.39, 0.29) is 87.1 Å². The number of benzene rings is 2. The van der Waals surface area contributed by atoms with Crippen LogP contribution in [0.15, 0.2) is 57.4 Å². The van der Waals surface area contributed by atoms with E-state index in [0.717, 1.165) is 11.6 Å². The number of rotatable bonds is 21. The number of phenols is 2. The second-order valence-electron chi connectivity index (χ2n) is 13.8. The topological polar surface area (TPSA) is 281 Å². The van der Waals surface area contributed by atoms with Gasteiger partial charge in [-0.25, -0.2) is 4.68 Å². The molecule has 20 heteroatoms. The molecule has 1 fully saturated rings. The van der Waals surface area contributed by atoms with Gasteiger partial charge in [0.05, 0.1) is 72.4 Å². The Morgan fingerprint density at radius 3 is 2.22 bits per heavy atom. The van der Waals surface area contributed by atoms with Crippen LogP contribution in [0.25, 0.3) is 22.3 Å². The van der Waals surface area contributed by atoms with E-state index in [9.17, 15) is 45.0 Å². The number of esters is 2. The van der Waals surface area contributed by atoms with Crippen molar-refractivity contribution in [1.82, 2.24) is 15.0 Å². The molecule has 5 atom stereocenters. The number of aromatic nitrogens is 3. The molecule has 5 rings (SSSR count). The molecule has 0 aliphatic carbocycles. The van der Waals surface area contributed by atoms with Gasteiger partial charge in [0.15, 0.2) is 12.0 Å². The van der Waals surface area contributed by atoms with Crippen LogP contribution in [0.3, 0.4) is 0 Å². The van der Waals surface area contributed by atoms with E-state index < -0.39 is 72.5 Å². The number of phenolic OH excluding ortho intramolecular Hbond substituents is 2. The van der Waals surface area contributed by atoms with Crippen molar-refractivity contribution in [2.45, 2.75) is 70.4 Å². The fourth-order valence-electron chi connectivity index (χ4n) is 5.97. The Morgan fingerprint density at radius 1 is 0.883 bits per heavy atom. The van der Waals surface area contributed by atoms with E-state index in [4.69, 9.17) is 37.6 Å². The number of aromatic hydroxyl groups is 2. The first-order valence-corrected chi connectivity index (χ1v) is 19.0. The zero-order valence-electron chi connectivity index (χ0n) is 33.2. The van der Waals surface area contributed by atoms with Crippen molar-refractivity contribution in [3.63, 3.8) is 0 Å². The first-order valence-electron chi connectivity index (χ1n) is 19.0. The van der Waals surface area contributed by atoms with Gasteiger partial charge in [0.2, 0.25) is 11.2 Å². The summed E-state index contributed by atoms with van der Waals surface area (Å²) >= 11 is 0. The monoisotopic (exact) mass is 843 g/mol. The van der Waals surface area contributed by atoms with Crippen molar-refractivity contribution in [3.05, 3.63) is 69.7 Å². The minimum atomic E-state index is -1.55. The third-order valence-corrected chi connectivity index (χ3v) is 9.17. The van der Waals surface area contributed by atoms with E-state index in [0.29, 0.717) is 17.0 Å². The molecule has 2 aromatic heterocycles. The maximum atomic E-state index is 13.8. The molecule has 1 saturated heterocycles. The Morgan fingerprint density at radius 2 is 1.55 bits per heavy atom. The van der Waals surface area contributed by atoms with Crippen LogP contribution in [-0.2, 0) is 46.3 Å². The van der Waals surface area contributed by atoms with Crippen LogP contribution < -0.4 is 14.9 Å². The van der Waals surface area contributed by atoms with E-state index in [2.05, 4.69) is 10.3 Å². The van der Waals surface area contributed by atoms with Crippen molar-refractivity contribution < 1.29 is 77.8 Å². The zero-order chi connectivity index (χ0) is 43.3. The molecule has 0 bridgehead atoms. The number of hydrogen-bond donors (Lipinski definition) is 6. The van der Waals surface area contributed by atoms with Crippen molar-refractivity contribution in [1.29, 1.82) is 0 Å². The predicted molar refractivity (Wildman–Crippen MR) is 207 cm³/mol. The number of allylic oxidation sites excluding steroid dienone is 2. The van der Waals surface area contributed by atoms with Gasteiger partial charge >= 0.3 is 11.9 Å². The Hall–Kier alpha value is -5.45. The fourth-order valence-corrected chi connectivity index (χ4v) is 5.97. The van der Waals surface area contributed by atoms with E-state index in [1.165, 1.54) is 18.0 Å². The van der Waals surface area contributed by atoms with Gasteiger partial charge in [-0.15, -0.1) is 5.10 Å². The van der Waals surface area contributed by atoms with Gasteiger partial charge in [0.25, 0.3) is 0 Å². The summed E-state index contributed by atoms with van der Waals surface area (Å²) in [6.07, 6.45) is -4.17. The van der Waals surface area contributed by atoms with Crippen LogP contribution in [-0.4, -0.2) is 135 Å². The van der Waals surface area contributed by atoms with Crippen molar-refractivity contribution in [2.75, 3.05) is 53.4 Å². The van der Waals surface area contributed by atoms with E-state index >= 15 is 0 Å². The lowest BCUT2D eigenvalue weighted by molar-refractivity contribution is -0.254. The second kappa shape index (κ2) is 21.7. The molecule has 3 heterocycles. The normalized spacial score (nSPS) is 18.9. The van der Waals surface area contributed by atoms with Crippen molar-refractivity contribution >= 4 is 22.9 Å². The minimum Gasteiger partial charge on any atom is -0.507 e. The summed E-state index contributed by atoms with van der Waals surface area (Å²) in [5.41, 5.74) is 0.974. The highest BCUT2D eigenvalue weighted by molar-refractivity contribution is 5.92. The molecular formula is C40H49N3O17.